The van der Waals surface area contributed by atoms with Crippen molar-refractivity contribution in [3.63, 3.8) is 0 Å². The fourth-order valence-corrected chi connectivity index (χ4v) is 3.90. The van der Waals surface area contributed by atoms with Gasteiger partial charge in [0.15, 0.2) is 5.65 Å². The lowest BCUT2D eigenvalue weighted by Crippen LogP contribution is -2.04. The van der Waals surface area contributed by atoms with Crippen LogP contribution in [-0.4, -0.2) is 14.6 Å². The minimum Gasteiger partial charge on any atom is -0.324 e. The molecule has 1 unspecified atom stereocenters. The molecule has 0 amide bonds. The van der Waals surface area contributed by atoms with Crippen molar-refractivity contribution in [2.75, 3.05) is 0 Å². The molecule has 26 heavy (non-hydrogen) atoms. The van der Waals surface area contributed by atoms with Crippen LogP contribution >= 0.6 is 11.6 Å². The van der Waals surface area contributed by atoms with Gasteiger partial charge in [-0.3, -0.25) is 0 Å². The van der Waals surface area contributed by atoms with Crippen molar-refractivity contribution in [2.24, 2.45) is 5.73 Å². The molecular weight excluding hydrogens is 344 g/mol. The molecule has 2 aromatic heterocycles. The lowest BCUT2D eigenvalue weighted by atomic mass is 10.0. The quantitative estimate of drug-likeness (QED) is 0.565. The normalized spacial score (nSPS) is 16.2. The van der Waals surface area contributed by atoms with E-state index >= 15 is 0 Å². The first-order valence-corrected chi connectivity index (χ1v) is 9.08. The average Bonchev–Trinajstić information content (AvgIpc) is 3.22. The minimum atomic E-state index is 0.147. The first-order chi connectivity index (χ1) is 12.7. The largest absolute Gasteiger partial charge is 0.324 e. The first-order valence-electron chi connectivity index (χ1n) is 8.70. The molecule has 0 bridgehead atoms. The van der Waals surface area contributed by atoms with Crippen molar-refractivity contribution in [2.45, 2.75) is 18.9 Å². The fraction of sp³-hybridized carbons (Fsp3) is 0.143. The molecule has 2 heterocycles. The third-order valence-corrected chi connectivity index (χ3v) is 5.23. The van der Waals surface area contributed by atoms with Gasteiger partial charge in [0.1, 0.15) is 10.8 Å². The Kier molecular flexibility index (Phi) is 3.55. The van der Waals surface area contributed by atoms with Crippen molar-refractivity contribution in [1.29, 1.82) is 0 Å². The number of aryl methyl sites for hydroxylation is 1. The van der Waals surface area contributed by atoms with Gasteiger partial charge in [-0.05, 0) is 42.2 Å². The van der Waals surface area contributed by atoms with Crippen LogP contribution in [0.3, 0.4) is 0 Å². The molecule has 4 aromatic rings. The van der Waals surface area contributed by atoms with Gasteiger partial charge in [0.2, 0.25) is 0 Å². The zero-order valence-electron chi connectivity index (χ0n) is 14.1. The van der Waals surface area contributed by atoms with Crippen LogP contribution in [0.4, 0.5) is 0 Å². The number of hydrogen-bond acceptors (Lipinski definition) is 3. The lowest BCUT2D eigenvalue weighted by molar-refractivity contribution is 0.713. The van der Waals surface area contributed by atoms with Crippen molar-refractivity contribution < 1.29 is 0 Å². The van der Waals surface area contributed by atoms with E-state index in [0.29, 0.717) is 5.15 Å². The summed E-state index contributed by atoms with van der Waals surface area (Å²) in [6, 6.07) is 20.5. The maximum atomic E-state index is 6.19. The molecule has 5 rings (SSSR count). The van der Waals surface area contributed by atoms with E-state index in [0.717, 1.165) is 41.0 Å². The molecule has 0 saturated heterocycles. The first kappa shape index (κ1) is 15.6. The number of rotatable bonds is 2. The molecule has 4 nitrogen and oxygen atoms in total. The third-order valence-electron chi connectivity index (χ3n) is 5.03. The van der Waals surface area contributed by atoms with E-state index in [1.54, 1.807) is 6.07 Å². The summed E-state index contributed by atoms with van der Waals surface area (Å²) in [5, 5.41) is 4.93. The van der Waals surface area contributed by atoms with Crippen LogP contribution < -0.4 is 5.73 Å². The molecule has 1 atom stereocenters. The zero-order valence-corrected chi connectivity index (χ0v) is 14.8. The van der Waals surface area contributed by atoms with Crippen LogP contribution in [0.25, 0.3) is 28.2 Å². The Balaban J connectivity index is 1.78. The predicted molar refractivity (Wildman–Crippen MR) is 104 cm³/mol. The summed E-state index contributed by atoms with van der Waals surface area (Å²) in [6.07, 6.45) is 2.02. The second kappa shape index (κ2) is 5.94. The van der Waals surface area contributed by atoms with Crippen molar-refractivity contribution in [3.05, 3.63) is 76.9 Å². The van der Waals surface area contributed by atoms with Gasteiger partial charge in [0.05, 0.1) is 5.69 Å². The highest BCUT2D eigenvalue weighted by Crippen LogP contribution is 2.36. The molecule has 0 fully saturated rings. The summed E-state index contributed by atoms with van der Waals surface area (Å²) >= 11 is 6.15. The molecule has 5 heteroatoms. The Hall–Kier alpha value is -2.69. The molecule has 0 radical (unpaired) electrons. The maximum absolute atomic E-state index is 6.19. The lowest BCUT2D eigenvalue weighted by Gasteiger charge is -2.08. The van der Waals surface area contributed by atoms with E-state index in [-0.39, 0.29) is 6.04 Å². The van der Waals surface area contributed by atoms with Gasteiger partial charge in [-0.15, -0.1) is 0 Å². The van der Waals surface area contributed by atoms with E-state index in [4.69, 9.17) is 22.3 Å². The number of fused-ring (bicyclic) bond motifs is 2. The van der Waals surface area contributed by atoms with Gasteiger partial charge >= 0.3 is 0 Å². The van der Waals surface area contributed by atoms with Gasteiger partial charge in [-0.25, -0.2) is 9.50 Å². The number of imidazole rings is 1. The monoisotopic (exact) mass is 360 g/mol. The maximum Gasteiger partial charge on any atom is 0.155 e. The van der Waals surface area contributed by atoms with E-state index in [1.165, 1.54) is 11.1 Å². The second-order valence-corrected chi connectivity index (χ2v) is 7.05. The van der Waals surface area contributed by atoms with Gasteiger partial charge in [0.25, 0.3) is 0 Å². The van der Waals surface area contributed by atoms with Gasteiger partial charge in [0, 0.05) is 17.2 Å². The zero-order chi connectivity index (χ0) is 17.7. The second-order valence-electron chi connectivity index (χ2n) is 6.66. The van der Waals surface area contributed by atoms with Crippen LogP contribution in [0.5, 0.6) is 0 Å². The van der Waals surface area contributed by atoms with Crippen molar-refractivity contribution in [3.8, 4) is 22.5 Å². The molecule has 2 N–H and O–H groups in total. The summed E-state index contributed by atoms with van der Waals surface area (Å²) in [7, 11) is 0. The minimum absolute atomic E-state index is 0.147. The average molecular weight is 361 g/mol. The molecule has 0 aliphatic heterocycles. The van der Waals surface area contributed by atoms with Crippen LogP contribution in [0.15, 0.2) is 60.7 Å². The van der Waals surface area contributed by atoms with E-state index in [9.17, 15) is 0 Å². The van der Waals surface area contributed by atoms with Crippen LogP contribution in [0.2, 0.25) is 5.15 Å². The SMILES string of the molecule is NC1CCc2cc(-c3nc4ccc(Cl)nn4c3-c3ccccc3)ccc21. The molecule has 128 valence electrons. The Bertz CT molecular complexity index is 1120. The third kappa shape index (κ3) is 2.42. The number of hydrogen-bond donors (Lipinski definition) is 1. The molecule has 0 saturated carbocycles. The summed E-state index contributed by atoms with van der Waals surface area (Å²) in [5.41, 5.74) is 13.5. The molecule has 2 aromatic carbocycles. The van der Waals surface area contributed by atoms with Crippen LogP contribution in [-0.2, 0) is 6.42 Å². The Morgan fingerprint density at radius 2 is 1.85 bits per heavy atom. The summed E-state index contributed by atoms with van der Waals surface area (Å²) in [5.74, 6) is 0. The van der Waals surface area contributed by atoms with E-state index in [2.05, 4.69) is 35.4 Å². The number of halogens is 1. The number of nitrogens with two attached hydrogens (primary N) is 1. The number of benzene rings is 2. The summed E-state index contributed by atoms with van der Waals surface area (Å²) in [6.45, 7) is 0. The summed E-state index contributed by atoms with van der Waals surface area (Å²) < 4.78 is 1.83. The molecule has 0 spiro atoms. The highest BCUT2D eigenvalue weighted by Gasteiger charge is 2.22. The topological polar surface area (TPSA) is 56.2 Å². The van der Waals surface area contributed by atoms with Crippen LogP contribution in [0, 0.1) is 0 Å². The predicted octanol–water partition coefficient (Wildman–Crippen LogP) is 4.66. The van der Waals surface area contributed by atoms with Gasteiger partial charge in [-0.1, -0.05) is 54.1 Å². The van der Waals surface area contributed by atoms with E-state index in [1.807, 2.05) is 28.8 Å². The smallest absolute Gasteiger partial charge is 0.155 e. The standard InChI is InChI=1S/C21H17ClN4/c22-18-10-11-19-24-20(15-6-8-16-14(12-15)7-9-17(16)23)21(26(19)25-18)13-4-2-1-3-5-13/h1-6,8,10-12,17H,7,9,23H2. The van der Waals surface area contributed by atoms with Crippen molar-refractivity contribution in [1.82, 2.24) is 14.6 Å². The van der Waals surface area contributed by atoms with Crippen LogP contribution in [0.1, 0.15) is 23.6 Å². The van der Waals surface area contributed by atoms with E-state index < -0.39 is 0 Å². The fourth-order valence-electron chi connectivity index (χ4n) is 3.77. The Morgan fingerprint density at radius 3 is 2.69 bits per heavy atom. The van der Waals surface area contributed by atoms with Gasteiger partial charge < -0.3 is 5.73 Å². The number of nitrogens with zero attached hydrogens (tertiary/aromatic N) is 3. The molecule has 1 aliphatic carbocycles. The van der Waals surface area contributed by atoms with Crippen molar-refractivity contribution >= 4 is 17.2 Å². The van der Waals surface area contributed by atoms with Gasteiger partial charge in [-0.2, -0.15) is 5.10 Å². The highest BCUT2D eigenvalue weighted by atomic mass is 35.5. The summed E-state index contributed by atoms with van der Waals surface area (Å²) in [4.78, 5) is 4.86. The molecular formula is C21H17ClN4. The number of aromatic nitrogens is 3. The molecule has 1 aliphatic rings. The highest BCUT2D eigenvalue weighted by molar-refractivity contribution is 6.29. The Morgan fingerprint density at radius 1 is 1.00 bits per heavy atom. The Labute approximate surface area is 156 Å².